The van der Waals surface area contributed by atoms with Gasteiger partial charge in [0.25, 0.3) is 0 Å². The molecule has 0 saturated carbocycles. The largest absolute Gasteiger partial charge is 0.354 e. The molecule has 2 rings (SSSR count). The number of aromatic nitrogens is 2. The lowest BCUT2D eigenvalue weighted by molar-refractivity contribution is -0.150. The van der Waals surface area contributed by atoms with Crippen LogP contribution in [0.5, 0.6) is 0 Å². The smallest absolute Gasteiger partial charge is 0.246 e. The maximum absolute atomic E-state index is 14.2. The Bertz CT molecular complexity index is 1170. The van der Waals surface area contributed by atoms with Gasteiger partial charge in [-0.3, -0.25) is 19.2 Å². The van der Waals surface area contributed by atoms with Crippen molar-refractivity contribution in [3.8, 4) is 0 Å². The predicted molar refractivity (Wildman–Crippen MR) is 168 cm³/mol. The van der Waals surface area contributed by atoms with E-state index in [1.165, 1.54) is 9.80 Å². The fourth-order valence-corrected chi connectivity index (χ4v) is 5.27. The van der Waals surface area contributed by atoms with E-state index in [0.717, 1.165) is 11.3 Å². The number of aromatic amines is 1. The fraction of sp³-hybridized carbons (Fsp3) is 0.594. The van der Waals surface area contributed by atoms with Gasteiger partial charge in [0.15, 0.2) is 0 Å². The Morgan fingerprint density at radius 1 is 0.837 bits per heavy atom. The van der Waals surface area contributed by atoms with Crippen molar-refractivity contribution in [3.63, 3.8) is 0 Å². The number of rotatable bonds is 16. The Labute approximate surface area is 256 Å². The first-order valence-electron chi connectivity index (χ1n) is 15.1. The summed E-state index contributed by atoms with van der Waals surface area (Å²) >= 11 is 0. The van der Waals surface area contributed by atoms with Gasteiger partial charge < -0.3 is 30.7 Å². The Morgan fingerprint density at radius 2 is 1.47 bits per heavy atom. The lowest BCUT2D eigenvalue weighted by Crippen LogP contribution is -2.60. The summed E-state index contributed by atoms with van der Waals surface area (Å²) in [7, 11) is 4.92. The summed E-state index contributed by atoms with van der Waals surface area (Å²) in [4.78, 5) is 64.5. The molecule has 0 spiro atoms. The van der Waals surface area contributed by atoms with Gasteiger partial charge in [0.2, 0.25) is 23.6 Å². The number of H-pyrrole nitrogens is 1. The highest BCUT2D eigenvalue weighted by Crippen LogP contribution is 2.18. The summed E-state index contributed by atoms with van der Waals surface area (Å²) in [6, 6.07) is 6.51. The molecular formula is C32H51N7O4. The van der Waals surface area contributed by atoms with Gasteiger partial charge in [0, 0.05) is 45.4 Å². The van der Waals surface area contributed by atoms with Crippen LogP contribution in [0.3, 0.4) is 0 Å². The molecule has 1 aromatic carbocycles. The Morgan fingerprint density at radius 3 is 1.98 bits per heavy atom. The van der Waals surface area contributed by atoms with Crippen LogP contribution < -0.4 is 16.0 Å². The second kappa shape index (κ2) is 16.8. The van der Waals surface area contributed by atoms with Crippen LogP contribution in [0.2, 0.25) is 0 Å². The van der Waals surface area contributed by atoms with E-state index in [0.29, 0.717) is 13.0 Å². The third-order valence-electron chi connectivity index (χ3n) is 7.78. The van der Waals surface area contributed by atoms with Crippen molar-refractivity contribution >= 4 is 23.6 Å². The molecule has 0 aliphatic carbocycles. The second-order valence-corrected chi connectivity index (χ2v) is 12.2. The molecule has 1 aromatic heterocycles. The highest BCUT2D eigenvalue weighted by Gasteiger charge is 2.39. The van der Waals surface area contributed by atoms with Crippen LogP contribution in [-0.2, 0) is 32.0 Å². The van der Waals surface area contributed by atoms with Gasteiger partial charge >= 0.3 is 0 Å². The van der Waals surface area contributed by atoms with E-state index >= 15 is 0 Å². The Kier molecular flexibility index (Phi) is 13.8. The average Bonchev–Trinajstić information content (AvgIpc) is 3.47. The zero-order valence-corrected chi connectivity index (χ0v) is 27.2. The van der Waals surface area contributed by atoms with E-state index in [1.807, 2.05) is 71.9 Å². The van der Waals surface area contributed by atoms with Crippen molar-refractivity contribution < 1.29 is 19.2 Å². The van der Waals surface area contributed by atoms with E-state index in [9.17, 15) is 19.2 Å². The Balaban J connectivity index is 2.33. The van der Waals surface area contributed by atoms with Crippen LogP contribution >= 0.6 is 0 Å². The lowest BCUT2D eigenvalue weighted by Gasteiger charge is -2.37. The van der Waals surface area contributed by atoms with Gasteiger partial charge in [0.1, 0.15) is 18.1 Å². The minimum atomic E-state index is -0.901. The van der Waals surface area contributed by atoms with Crippen LogP contribution in [0.25, 0.3) is 0 Å². The van der Waals surface area contributed by atoms with Crippen LogP contribution in [0.4, 0.5) is 0 Å². The van der Waals surface area contributed by atoms with Crippen molar-refractivity contribution in [2.24, 2.45) is 17.8 Å². The Hall–Kier alpha value is -3.73. The lowest BCUT2D eigenvalue weighted by atomic mass is 9.96. The molecule has 4 amide bonds. The SMILES string of the molecule is CN[C@H](C(=O)N[C@H](C(=O)N(C)[C@@H](Cc1ccccc1)C(=O)N(C)[C@H](C(=O)NCCc1cnc[nH]1)C(C)C)C(C)C)C(C)C. The van der Waals surface area contributed by atoms with Crippen molar-refractivity contribution in [1.29, 1.82) is 0 Å². The van der Waals surface area contributed by atoms with Crippen LogP contribution in [0.1, 0.15) is 52.8 Å². The number of imidazole rings is 1. The number of likely N-dealkylation sites (N-methyl/N-ethyl adjacent to an activating group) is 3. The summed E-state index contributed by atoms with van der Waals surface area (Å²) in [6.07, 6.45) is 4.12. The third-order valence-corrected chi connectivity index (χ3v) is 7.78. The monoisotopic (exact) mass is 597 g/mol. The number of benzene rings is 1. The van der Waals surface area contributed by atoms with Gasteiger partial charge in [0.05, 0.1) is 12.4 Å². The molecule has 0 aliphatic rings. The first-order chi connectivity index (χ1) is 20.3. The summed E-state index contributed by atoms with van der Waals surface area (Å²) in [6.45, 7) is 11.8. The van der Waals surface area contributed by atoms with Crippen LogP contribution in [-0.4, -0.2) is 95.3 Å². The normalized spacial score (nSPS) is 14.2. The molecule has 2 aromatic rings. The number of hydrogen-bond donors (Lipinski definition) is 4. The van der Waals surface area contributed by atoms with E-state index in [2.05, 4.69) is 25.9 Å². The maximum Gasteiger partial charge on any atom is 0.246 e. The zero-order valence-electron chi connectivity index (χ0n) is 27.2. The zero-order chi connectivity index (χ0) is 32.3. The van der Waals surface area contributed by atoms with Crippen molar-refractivity contribution in [2.75, 3.05) is 27.7 Å². The number of carbonyl (C=O) groups is 4. The first-order valence-corrected chi connectivity index (χ1v) is 15.1. The molecule has 0 unspecified atom stereocenters. The molecule has 4 atom stereocenters. The molecule has 11 heteroatoms. The summed E-state index contributed by atoms with van der Waals surface area (Å²) in [5.74, 6) is -1.65. The molecule has 0 bridgehead atoms. The van der Waals surface area contributed by atoms with Crippen LogP contribution in [0.15, 0.2) is 42.9 Å². The third kappa shape index (κ3) is 9.91. The van der Waals surface area contributed by atoms with Gasteiger partial charge in [-0.15, -0.1) is 0 Å². The highest BCUT2D eigenvalue weighted by molar-refractivity contribution is 5.95. The maximum atomic E-state index is 14.2. The van der Waals surface area contributed by atoms with Crippen LogP contribution in [0, 0.1) is 17.8 Å². The number of carbonyl (C=O) groups excluding carboxylic acids is 4. The number of amides is 4. The molecule has 0 aliphatic heterocycles. The van der Waals surface area contributed by atoms with E-state index < -0.39 is 24.2 Å². The molecule has 0 saturated heterocycles. The average molecular weight is 598 g/mol. The standard InChI is InChI=1S/C32H51N7O4/c1-20(2)26(33-7)29(40)37-27(21(3)4)32(43)38(8)25(17-23-13-11-10-12-14-23)31(42)39(9)28(22(5)6)30(41)35-16-15-24-18-34-19-36-24/h10-14,18-22,25-28,33H,15-17H2,1-9H3,(H,34,36)(H,35,41)(H,37,40)/t25-,26-,27-,28-/m0/s1. The molecule has 4 N–H and O–H groups in total. The van der Waals surface area contributed by atoms with Gasteiger partial charge in [-0.25, -0.2) is 4.98 Å². The molecule has 1 heterocycles. The molecular weight excluding hydrogens is 546 g/mol. The summed E-state index contributed by atoms with van der Waals surface area (Å²) < 4.78 is 0. The number of nitrogens with zero attached hydrogens (tertiary/aromatic N) is 3. The van der Waals surface area contributed by atoms with Crippen molar-refractivity contribution in [2.45, 2.75) is 78.6 Å². The van der Waals surface area contributed by atoms with E-state index in [-0.39, 0.29) is 47.8 Å². The number of nitrogens with one attached hydrogen (secondary N) is 4. The second-order valence-electron chi connectivity index (χ2n) is 12.2. The predicted octanol–water partition coefficient (Wildman–Crippen LogP) is 2.01. The quantitative estimate of drug-likeness (QED) is 0.234. The summed E-state index contributed by atoms with van der Waals surface area (Å²) in [5.41, 5.74) is 1.77. The fourth-order valence-electron chi connectivity index (χ4n) is 5.27. The molecule has 11 nitrogen and oxygen atoms in total. The molecule has 0 radical (unpaired) electrons. The van der Waals surface area contributed by atoms with E-state index in [1.54, 1.807) is 33.7 Å². The molecule has 43 heavy (non-hydrogen) atoms. The molecule has 238 valence electrons. The van der Waals surface area contributed by atoms with E-state index in [4.69, 9.17) is 0 Å². The highest BCUT2D eigenvalue weighted by atomic mass is 16.2. The minimum Gasteiger partial charge on any atom is -0.354 e. The summed E-state index contributed by atoms with van der Waals surface area (Å²) in [5, 5.41) is 8.88. The van der Waals surface area contributed by atoms with Gasteiger partial charge in [-0.1, -0.05) is 71.9 Å². The first kappa shape index (κ1) is 35.5. The number of hydrogen-bond acceptors (Lipinski definition) is 6. The topological polar surface area (TPSA) is 140 Å². The van der Waals surface area contributed by atoms with Gasteiger partial charge in [-0.05, 0) is 30.4 Å². The molecule has 0 fully saturated rings. The van der Waals surface area contributed by atoms with Gasteiger partial charge in [-0.2, -0.15) is 0 Å². The minimum absolute atomic E-state index is 0.0188. The van der Waals surface area contributed by atoms with Crippen molar-refractivity contribution in [1.82, 2.24) is 35.7 Å². The van der Waals surface area contributed by atoms with Crippen molar-refractivity contribution in [3.05, 3.63) is 54.1 Å².